The number of amides is 1. The van der Waals surface area contributed by atoms with Crippen LogP contribution < -0.4 is 10.6 Å². The van der Waals surface area contributed by atoms with Gasteiger partial charge in [-0.05, 0) is 32.4 Å². The van der Waals surface area contributed by atoms with Crippen molar-refractivity contribution in [1.29, 1.82) is 0 Å². The topological polar surface area (TPSA) is 125 Å². The van der Waals surface area contributed by atoms with Crippen LogP contribution in [0.5, 0.6) is 0 Å². The van der Waals surface area contributed by atoms with E-state index in [4.69, 9.17) is 14.9 Å². The molecule has 1 fully saturated rings. The molecular formula is C13H22N2O6. The summed E-state index contributed by atoms with van der Waals surface area (Å²) in [5, 5.41) is 23.3. The van der Waals surface area contributed by atoms with E-state index in [9.17, 15) is 14.4 Å². The molecule has 0 bridgehead atoms. The first-order chi connectivity index (χ1) is 9.91. The number of nitrogens with one attached hydrogen (secondary N) is 2. The lowest BCUT2D eigenvalue weighted by Crippen LogP contribution is -2.54. The number of ether oxygens (including phenoxy) is 1. The smallest absolute Gasteiger partial charge is 0.326 e. The number of carboxylic acid groups (broad SMARTS) is 2. The molecule has 120 valence electrons. The van der Waals surface area contributed by atoms with Crippen LogP contribution in [0.4, 0.5) is 0 Å². The van der Waals surface area contributed by atoms with Crippen LogP contribution in [-0.4, -0.2) is 60.9 Å². The minimum atomic E-state index is -1.23. The van der Waals surface area contributed by atoms with E-state index in [1.807, 2.05) is 0 Å². The van der Waals surface area contributed by atoms with Gasteiger partial charge in [0.1, 0.15) is 6.04 Å². The average Bonchev–Trinajstić information content (AvgIpc) is 2.43. The molecule has 0 aliphatic carbocycles. The summed E-state index contributed by atoms with van der Waals surface area (Å²) >= 11 is 0. The van der Waals surface area contributed by atoms with Crippen LogP contribution in [0.15, 0.2) is 0 Å². The largest absolute Gasteiger partial charge is 0.481 e. The highest BCUT2D eigenvalue weighted by Crippen LogP contribution is 2.29. The molecule has 1 aliphatic rings. The Morgan fingerprint density at radius 2 is 1.90 bits per heavy atom. The van der Waals surface area contributed by atoms with Crippen molar-refractivity contribution in [2.24, 2.45) is 5.41 Å². The molecule has 0 aromatic heterocycles. The zero-order chi connectivity index (χ0) is 15.9. The van der Waals surface area contributed by atoms with Crippen LogP contribution in [0.2, 0.25) is 0 Å². The fraction of sp³-hybridized carbons (Fsp3) is 0.769. The molecule has 21 heavy (non-hydrogen) atoms. The summed E-state index contributed by atoms with van der Waals surface area (Å²) in [6, 6.07) is -1.20. The molecule has 1 unspecified atom stereocenters. The standard InChI is InChI=1S/C13H22N2O6/c1-21-8-13(4-6-14-7-5-13)12(20)15-9(11(18)19)2-3-10(16)17/h9,14H,2-8H2,1H3,(H,15,20)(H,16,17)(H,18,19). The minimum Gasteiger partial charge on any atom is -0.481 e. The maximum absolute atomic E-state index is 12.4. The fourth-order valence-electron chi connectivity index (χ4n) is 2.46. The lowest BCUT2D eigenvalue weighted by atomic mass is 9.78. The Kier molecular flexibility index (Phi) is 6.57. The number of rotatable bonds is 8. The van der Waals surface area contributed by atoms with Crippen LogP contribution in [0, 0.1) is 5.41 Å². The number of hydrogen-bond acceptors (Lipinski definition) is 5. The van der Waals surface area contributed by atoms with Crippen molar-refractivity contribution < 1.29 is 29.3 Å². The van der Waals surface area contributed by atoms with Crippen LogP contribution in [0.1, 0.15) is 25.7 Å². The van der Waals surface area contributed by atoms with Gasteiger partial charge in [0, 0.05) is 13.5 Å². The third-order valence-electron chi connectivity index (χ3n) is 3.71. The Morgan fingerprint density at radius 3 is 2.38 bits per heavy atom. The highest BCUT2D eigenvalue weighted by Gasteiger charge is 2.41. The molecule has 4 N–H and O–H groups in total. The van der Waals surface area contributed by atoms with Gasteiger partial charge in [-0.25, -0.2) is 4.79 Å². The Hall–Kier alpha value is -1.67. The first-order valence-electron chi connectivity index (χ1n) is 6.86. The third-order valence-corrected chi connectivity index (χ3v) is 3.71. The molecule has 0 saturated carbocycles. The van der Waals surface area contributed by atoms with E-state index in [1.54, 1.807) is 0 Å². The van der Waals surface area contributed by atoms with Gasteiger partial charge in [0.2, 0.25) is 5.91 Å². The van der Waals surface area contributed by atoms with E-state index in [-0.39, 0.29) is 25.4 Å². The predicted molar refractivity (Wildman–Crippen MR) is 72.8 cm³/mol. The lowest BCUT2D eigenvalue weighted by Gasteiger charge is -2.36. The maximum Gasteiger partial charge on any atom is 0.326 e. The van der Waals surface area contributed by atoms with Gasteiger partial charge in [0.25, 0.3) is 0 Å². The lowest BCUT2D eigenvalue weighted by molar-refractivity contribution is -0.146. The normalized spacial score (nSPS) is 18.7. The Labute approximate surface area is 122 Å². The quantitative estimate of drug-likeness (QED) is 0.473. The number of carbonyl (C=O) groups is 3. The SMILES string of the molecule is COCC1(C(=O)NC(CCC(=O)O)C(=O)O)CCNCC1. The molecule has 0 spiro atoms. The van der Waals surface area contributed by atoms with Crippen molar-refractivity contribution >= 4 is 17.8 Å². The summed E-state index contributed by atoms with van der Waals surface area (Å²) in [5.41, 5.74) is -0.753. The fourth-order valence-corrected chi connectivity index (χ4v) is 2.46. The zero-order valence-corrected chi connectivity index (χ0v) is 12.1. The molecule has 8 heteroatoms. The summed E-state index contributed by atoms with van der Waals surface area (Å²) < 4.78 is 5.12. The predicted octanol–water partition coefficient (Wildman–Crippen LogP) is -0.563. The molecule has 1 amide bonds. The molecule has 0 aromatic rings. The maximum atomic E-state index is 12.4. The zero-order valence-electron chi connectivity index (χ0n) is 12.1. The number of carboxylic acids is 2. The summed E-state index contributed by atoms with van der Waals surface area (Å²) in [6.07, 6.45) is 0.656. The molecule has 8 nitrogen and oxygen atoms in total. The van der Waals surface area contributed by atoms with E-state index < -0.39 is 23.4 Å². The second-order valence-electron chi connectivity index (χ2n) is 5.26. The van der Waals surface area contributed by atoms with Gasteiger partial charge in [-0.3, -0.25) is 9.59 Å². The van der Waals surface area contributed by atoms with E-state index in [0.29, 0.717) is 25.9 Å². The Bertz CT molecular complexity index is 387. The Morgan fingerprint density at radius 1 is 1.29 bits per heavy atom. The first kappa shape index (κ1) is 17.4. The van der Waals surface area contributed by atoms with Crippen LogP contribution in [0.25, 0.3) is 0 Å². The minimum absolute atomic E-state index is 0.141. The molecule has 1 atom stereocenters. The highest BCUT2D eigenvalue weighted by molar-refractivity contribution is 5.88. The van der Waals surface area contributed by atoms with Crippen LogP contribution >= 0.6 is 0 Å². The molecule has 1 saturated heterocycles. The molecule has 0 radical (unpaired) electrons. The number of hydrogen-bond donors (Lipinski definition) is 4. The molecule has 1 heterocycles. The van der Waals surface area contributed by atoms with Crippen LogP contribution in [-0.2, 0) is 19.1 Å². The van der Waals surface area contributed by atoms with Gasteiger partial charge in [0.15, 0.2) is 0 Å². The number of carbonyl (C=O) groups excluding carboxylic acids is 1. The first-order valence-corrected chi connectivity index (χ1v) is 6.86. The Balaban J connectivity index is 2.72. The molecule has 0 aromatic carbocycles. The summed E-state index contributed by atoms with van der Waals surface area (Å²) in [7, 11) is 1.50. The van der Waals surface area contributed by atoms with E-state index in [2.05, 4.69) is 10.6 Å². The van der Waals surface area contributed by atoms with Gasteiger partial charge in [-0.2, -0.15) is 0 Å². The van der Waals surface area contributed by atoms with Crippen molar-refractivity contribution in [3.05, 3.63) is 0 Å². The van der Waals surface area contributed by atoms with E-state index in [1.165, 1.54) is 7.11 Å². The second-order valence-corrected chi connectivity index (χ2v) is 5.26. The van der Waals surface area contributed by atoms with Crippen molar-refractivity contribution in [2.45, 2.75) is 31.7 Å². The highest BCUT2D eigenvalue weighted by atomic mass is 16.5. The van der Waals surface area contributed by atoms with E-state index >= 15 is 0 Å². The van der Waals surface area contributed by atoms with Gasteiger partial charge in [-0.15, -0.1) is 0 Å². The number of aliphatic carboxylic acids is 2. The van der Waals surface area contributed by atoms with Crippen molar-refractivity contribution in [3.63, 3.8) is 0 Å². The van der Waals surface area contributed by atoms with E-state index in [0.717, 1.165) is 0 Å². The average molecular weight is 302 g/mol. The monoisotopic (exact) mass is 302 g/mol. The third kappa shape index (κ3) is 4.98. The molecular weight excluding hydrogens is 280 g/mol. The van der Waals surface area contributed by atoms with Gasteiger partial charge >= 0.3 is 11.9 Å². The molecule has 1 rings (SSSR count). The van der Waals surface area contributed by atoms with Crippen molar-refractivity contribution in [3.8, 4) is 0 Å². The van der Waals surface area contributed by atoms with Crippen LogP contribution in [0.3, 0.4) is 0 Å². The van der Waals surface area contributed by atoms with Gasteiger partial charge in [-0.1, -0.05) is 0 Å². The summed E-state index contributed by atoms with van der Waals surface area (Å²) in [4.78, 5) is 34.1. The van der Waals surface area contributed by atoms with Crippen molar-refractivity contribution in [1.82, 2.24) is 10.6 Å². The van der Waals surface area contributed by atoms with Crippen molar-refractivity contribution in [2.75, 3.05) is 26.8 Å². The second kappa shape index (κ2) is 7.94. The molecule has 1 aliphatic heterocycles. The summed E-state index contributed by atoms with van der Waals surface area (Å²) in [5.74, 6) is -2.71. The number of methoxy groups -OCH3 is 1. The van der Waals surface area contributed by atoms with Gasteiger partial charge < -0.3 is 25.6 Å². The summed E-state index contributed by atoms with van der Waals surface area (Å²) in [6.45, 7) is 1.53. The number of piperidine rings is 1. The van der Waals surface area contributed by atoms with Gasteiger partial charge in [0.05, 0.1) is 12.0 Å².